The van der Waals surface area contributed by atoms with Crippen LogP contribution in [0.3, 0.4) is 0 Å². The number of piperidine rings is 1. The molecule has 182 valence electrons. The lowest BCUT2D eigenvalue weighted by Gasteiger charge is -2.27. The molecule has 4 N–H and O–H groups in total. The van der Waals surface area contributed by atoms with E-state index in [4.69, 9.17) is 25.8 Å². The monoisotopic (exact) mass is 472 g/mol. The normalized spacial score (nSPS) is 14.4. The Kier molecular flexibility index (Phi) is 8.86. The summed E-state index contributed by atoms with van der Waals surface area (Å²) >= 11 is 0. The van der Waals surface area contributed by atoms with E-state index in [1.165, 1.54) is 6.07 Å². The van der Waals surface area contributed by atoms with E-state index in [2.05, 4.69) is 15.1 Å². The SMILES string of the molecule is CC(CO)CON=C1CCN(c2ncc(-c3cccc(COC(=O)CC(=N)N)c3F)cn2)CC1. The number of nitrogens with one attached hydrogen (secondary N) is 1. The molecule has 11 heteroatoms. The average Bonchev–Trinajstić information content (AvgIpc) is 2.83. The lowest BCUT2D eigenvalue weighted by Crippen LogP contribution is -2.35. The number of nitrogens with zero attached hydrogens (tertiary/aromatic N) is 4. The molecule has 0 radical (unpaired) electrons. The molecule has 10 nitrogen and oxygen atoms in total. The van der Waals surface area contributed by atoms with Gasteiger partial charge in [0.05, 0.1) is 5.71 Å². The van der Waals surface area contributed by atoms with Gasteiger partial charge in [-0.05, 0) is 0 Å². The fourth-order valence-corrected chi connectivity index (χ4v) is 3.27. The molecule has 1 aliphatic rings. The summed E-state index contributed by atoms with van der Waals surface area (Å²) in [5.74, 6) is -0.930. The van der Waals surface area contributed by atoms with Gasteiger partial charge in [-0.25, -0.2) is 14.4 Å². The lowest BCUT2D eigenvalue weighted by atomic mass is 10.0. The minimum Gasteiger partial charge on any atom is -0.460 e. The van der Waals surface area contributed by atoms with Crippen LogP contribution in [0.4, 0.5) is 10.3 Å². The Morgan fingerprint density at radius 2 is 2.03 bits per heavy atom. The molecule has 1 aromatic carbocycles. The molecule has 1 aliphatic heterocycles. The number of benzene rings is 1. The first-order valence-corrected chi connectivity index (χ1v) is 11.0. The Bertz CT molecular complexity index is 1020. The van der Waals surface area contributed by atoms with Crippen LogP contribution in [0.25, 0.3) is 11.1 Å². The summed E-state index contributed by atoms with van der Waals surface area (Å²) in [6.45, 7) is 3.45. The predicted molar refractivity (Wildman–Crippen MR) is 125 cm³/mol. The number of hydrogen-bond donors (Lipinski definition) is 3. The van der Waals surface area contributed by atoms with Crippen LogP contribution in [0.5, 0.6) is 0 Å². The number of carbonyl (C=O) groups is 1. The van der Waals surface area contributed by atoms with Gasteiger partial charge in [0.1, 0.15) is 31.3 Å². The van der Waals surface area contributed by atoms with Crippen LogP contribution in [0.2, 0.25) is 0 Å². The highest BCUT2D eigenvalue weighted by molar-refractivity contribution is 5.94. The van der Waals surface area contributed by atoms with Crippen LogP contribution in [-0.2, 0) is 21.0 Å². The number of aromatic nitrogens is 2. The fraction of sp³-hybridized carbons (Fsp3) is 0.435. The Labute approximate surface area is 197 Å². The van der Waals surface area contributed by atoms with Gasteiger partial charge in [-0.1, -0.05) is 30.3 Å². The third-order valence-corrected chi connectivity index (χ3v) is 5.24. The van der Waals surface area contributed by atoms with Crippen molar-refractivity contribution in [1.82, 2.24) is 9.97 Å². The molecule has 1 aromatic heterocycles. The second kappa shape index (κ2) is 12.0. The smallest absolute Gasteiger partial charge is 0.313 e. The number of amidine groups is 1. The molecule has 1 unspecified atom stereocenters. The molecule has 1 atom stereocenters. The first kappa shape index (κ1) is 25.0. The van der Waals surface area contributed by atoms with E-state index in [0.717, 1.165) is 18.6 Å². The number of halogens is 1. The second-order valence-corrected chi connectivity index (χ2v) is 8.14. The van der Waals surface area contributed by atoms with Crippen LogP contribution in [0, 0.1) is 17.1 Å². The summed E-state index contributed by atoms with van der Waals surface area (Å²) < 4.78 is 20.0. The number of nitrogens with two attached hydrogens (primary N) is 1. The van der Waals surface area contributed by atoms with Crippen molar-refractivity contribution in [3.05, 3.63) is 42.0 Å². The van der Waals surface area contributed by atoms with Gasteiger partial charge in [-0.2, -0.15) is 0 Å². The van der Waals surface area contributed by atoms with Gasteiger partial charge in [0, 0.05) is 67.5 Å². The molecule has 0 bridgehead atoms. The van der Waals surface area contributed by atoms with Gasteiger partial charge in [0.2, 0.25) is 5.95 Å². The molecular weight excluding hydrogens is 443 g/mol. The van der Waals surface area contributed by atoms with Crippen molar-refractivity contribution in [1.29, 1.82) is 5.41 Å². The van der Waals surface area contributed by atoms with E-state index in [-0.39, 0.29) is 37.0 Å². The number of anilines is 1. The van der Waals surface area contributed by atoms with Crippen LogP contribution < -0.4 is 10.6 Å². The highest BCUT2D eigenvalue weighted by Gasteiger charge is 2.19. The van der Waals surface area contributed by atoms with E-state index in [1.807, 2.05) is 11.8 Å². The Morgan fingerprint density at radius 1 is 1.32 bits per heavy atom. The average molecular weight is 473 g/mol. The number of carbonyl (C=O) groups excluding carboxylic acids is 1. The first-order valence-electron chi connectivity index (χ1n) is 11.0. The summed E-state index contributed by atoms with van der Waals surface area (Å²) in [6, 6.07) is 4.79. The Morgan fingerprint density at radius 3 is 2.68 bits per heavy atom. The molecule has 0 spiro atoms. The lowest BCUT2D eigenvalue weighted by molar-refractivity contribution is -0.143. The van der Waals surface area contributed by atoms with Crippen molar-refractivity contribution in [3.63, 3.8) is 0 Å². The quantitative estimate of drug-likeness (QED) is 0.206. The number of hydrogen-bond acceptors (Lipinski definition) is 9. The standard InChI is InChI=1S/C23H29FN6O4/c1-15(12-31)13-34-29-18-5-7-30(8-6-18)23-27-10-17(11-28-23)19-4-2-3-16(22(19)24)14-33-21(32)9-20(25)26/h2-4,10-11,15,31H,5-9,12-14H2,1H3,(H3,25,26). The van der Waals surface area contributed by atoms with Crippen molar-refractivity contribution in [2.45, 2.75) is 32.8 Å². The zero-order valence-corrected chi connectivity index (χ0v) is 19.0. The molecule has 0 saturated carbocycles. The van der Waals surface area contributed by atoms with E-state index >= 15 is 0 Å². The van der Waals surface area contributed by atoms with Gasteiger partial charge >= 0.3 is 5.97 Å². The first-order chi connectivity index (χ1) is 16.4. The topological polar surface area (TPSA) is 147 Å². The maximum absolute atomic E-state index is 15.0. The minimum absolute atomic E-state index is 0.0450. The minimum atomic E-state index is -0.689. The van der Waals surface area contributed by atoms with E-state index in [0.29, 0.717) is 36.8 Å². The van der Waals surface area contributed by atoms with Crippen molar-refractivity contribution in [2.24, 2.45) is 16.8 Å². The molecule has 2 aromatic rings. The molecule has 34 heavy (non-hydrogen) atoms. The number of aliphatic hydroxyl groups is 1. The van der Waals surface area contributed by atoms with Gasteiger partial charge in [0.15, 0.2) is 0 Å². The maximum atomic E-state index is 15.0. The number of aliphatic hydroxyl groups excluding tert-OH is 1. The van der Waals surface area contributed by atoms with Crippen molar-refractivity contribution >= 4 is 23.5 Å². The number of rotatable bonds is 10. The molecule has 0 amide bonds. The highest BCUT2D eigenvalue weighted by Crippen LogP contribution is 2.26. The largest absolute Gasteiger partial charge is 0.460 e. The van der Waals surface area contributed by atoms with Crippen LogP contribution in [0.1, 0.15) is 31.7 Å². The van der Waals surface area contributed by atoms with Crippen molar-refractivity contribution in [3.8, 4) is 11.1 Å². The van der Waals surface area contributed by atoms with Crippen molar-refractivity contribution in [2.75, 3.05) is 31.2 Å². The fourth-order valence-electron chi connectivity index (χ4n) is 3.27. The number of ether oxygens (including phenoxy) is 1. The highest BCUT2D eigenvalue weighted by atomic mass is 19.1. The van der Waals surface area contributed by atoms with Gasteiger partial charge in [-0.15, -0.1) is 0 Å². The van der Waals surface area contributed by atoms with Crippen LogP contribution in [0.15, 0.2) is 35.7 Å². The van der Waals surface area contributed by atoms with Crippen LogP contribution in [-0.4, -0.2) is 58.9 Å². The number of oxime groups is 1. The zero-order chi connectivity index (χ0) is 24.5. The Hall–Kier alpha value is -3.60. The molecule has 3 rings (SSSR count). The summed E-state index contributed by atoms with van der Waals surface area (Å²) in [7, 11) is 0. The second-order valence-electron chi connectivity index (χ2n) is 8.14. The van der Waals surface area contributed by atoms with E-state index < -0.39 is 11.8 Å². The summed E-state index contributed by atoms with van der Waals surface area (Å²) in [4.78, 5) is 27.7. The maximum Gasteiger partial charge on any atom is 0.313 e. The third-order valence-electron chi connectivity index (χ3n) is 5.24. The van der Waals surface area contributed by atoms with E-state index in [1.54, 1.807) is 24.5 Å². The summed E-state index contributed by atoms with van der Waals surface area (Å²) in [5, 5.41) is 20.3. The van der Waals surface area contributed by atoms with Crippen molar-refractivity contribution < 1.29 is 23.9 Å². The molecule has 1 saturated heterocycles. The molecule has 1 fully saturated rings. The third kappa shape index (κ3) is 6.95. The van der Waals surface area contributed by atoms with Gasteiger partial charge < -0.3 is 25.3 Å². The number of esters is 1. The summed E-state index contributed by atoms with van der Waals surface area (Å²) in [5.41, 5.74) is 7.14. The van der Waals surface area contributed by atoms with Gasteiger partial charge in [0.25, 0.3) is 0 Å². The summed E-state index contributed by atoms with van der Waals surface area (Å²) in [6.07, 6.45) is 4.23. The van der Waals surface area contributed by atoms with E-state index in [9.17, 15) is 9.18 Å². The van der Waals surface area contributed by atoms with Gasteiger partial charge in [-0.3, -0.25) is 10.2 Å². The Balaban J connectivity index is 1.59. The zero-order valence-electron chi connectivity index (χ0n) is 19.0. The predicted octanol–water partition coefficient (Wildman–Crippen LogP) is 2.25. The molecule has 2 heterocycles. The van der Waals surface area contributed by atoms with Crippen LogP contribution >= 0.6 is 0 Å². The molecular formula is C23H29FN6O4. The molecule has 0 aliphatic carbocycles.